The van der Waals surface area contributed by atoms with E-state index >= 15 is 0 Å². The number of aliphatic carboxylic acids is 1. The minimum Gasteiger partial charge on any atom is -0.480 e. The summed E-state index contributed by atoms with van der Waals surface area (Å²) in [6, 6.07) is 6.15. The number of carboxylic acids is 1. The van der Waals surface area contributed by atoms with Crippen LogP contribution < -0.4 is 21.7 Å². The topological polar surface area (TPSA) is 151 Å². The third kappa shape index (κ3) is 9.27. The first-order valence-electron chi connectivity index (χ1n) is 10.6. The second kappa shape index (κ2) is 14.5. The number of benzene rings is 1. The second-order valence-electron chi connectivity index (χ2n) is 7.57. The van der Waals surface area contributed by atoms with Gasteiger partial charge in [-0.15, -0.1) is 0 Å². The lowest BCUT2D eigenvalue weighted by molar-refractivity contribution is -0.143. The molecule has 0 aliphatic rings. The Balaban J connectivity index is 3.07. The molecule has 10 heteroatoms. The van der Waals surface area contributed by atoms with Crippen molar-refractivity contribution in [2.45, 2.75) is 51.2 Å². The second-order valence-corrected chi connectivity index (χ2v) is 8.55. The Bertz CT molecular complexity index is 762. The van der Waals surface area contributed by atoms with Crippen LogP contribution in [0.4, 0.5) is 0 Å². The lowest BCUT2D eigenvalue weighted by atomic mass is 9.98. The van der Waals surface area contributed by atoms with E-state index in [1.54, 1.807) is 6.92 Å². The molecule has 0 fully saturated rings. The molecule has 4 atom stereocenters. The van der Waals surface area contributed by atoms with Gasteiger partial charge in [0.1, 0.15) is 18.1 Å². The minimum atomic E-state index is -1.13. The van der Waals surface area contributed by atoms with Crippen LogP contribution in [-0.4, -0.2) is 65.5 Å². The summed E-state index contributed by atoms with van der Waals surface area (Å²) in [5.41, 5.74) is 6.16. The molecule has 0 aliphatic carbocycles. The van der Waals surface area contributed by atoms with Gasteiger partial charge in [-0.25, -0.2) is 4.79 Å². The highest BCUT2D eigenvalue weighted by Gasteiger charge is 2.31. The molecule has 0 bridgehead atoms. The molecule has 1 aromatic carbocycles. The van der Waals surface area contributed by atoms with E-state index in [4.69, 9.17) is 5.73 Å². The van der Waals surface area contributed by atoms with Crippen molar-refractivity contribution in [3.05, 3.63) is 35.9 Å². The van der Waals surface area contributed by atoms with Gasteiger partial charge in [0.05, 0.1) is 6.54 Å². The Hall–Kier alpha value is -2.59. The Kier molecular flexibility index (Phi) is 12.4. The van der Waals surface area contributed by atoms with Crippen molar-refractivity contribution in [2.24, 2.45) is 11.7 Å². The fourth-order valence-corrected chi connectivity index (χ4v) is 3.50. The van der Waals surface area contributed by atoms with Gasteiger partial charge < -0.3 is 26.8 Å². The van der Waals surface area contributed by atoms with Crippen LogP contribution in [0.15, 0.2) is 30.3 Å². The first kappa shape index (κ1) is 27.4. The summed E-state index contributed by atoms with van der Waals surface area (Å²) in [4.78, 5) is 49.4. The average molecular weight is 467 g/mol. The van der Waals surface area contributed by atoms with Gasteiger partial charge in [0.2, 0.25) is 17.7 Å². The third-order valence-corrected chi connectivity index (χ3v) is 5.78. The van der Waals surface area contributed by atoms with Crippen molar-refractivity contribution in [3.63, 3.8) is 0 Å². The fourth-order valence-electron chi connectivity index (χ4n) is 3.03. The molecule has 3 amide bonds. The number of carboxylic acid groups (broad SMARTS) is 1. The first-order valence-corrected chi connectivity index (χ1v) is 12.0. The molecule has 0 saturated carbocycles. The largest absolute Gasteiger partial charge is 0.480 e. The monoisotopic (exact) mass is 466 g/mol. The maximum Gasteiger partial charge on any atom is 0.326 e. The van der Waals surface area contributed by atoms with Crippen LogP contribution in [-0.2, 0) is 25.6 Å². The fraction of sp³-hybridized carbons (Fsp3) is 0.545. The SMILES string of the molecule is CCC(C)C(NC(=O)C(Cc1ccccc1)NC(=O)C(CCSC)NC(=O)CN)C(=O)O. The van der Waals surface area contributed by atoms with Gasteiger partial charge in [-0.3, -0.25) is 14.4 Å². The summed E-state index contributed by atoms with van der Waals surface area (Å²) in [6.07, 6.45) is 2.98. The van der Waals surface area contributed by atoms with Crippen LogP contribution in [0.25, 0.3) is 0 Å². The van der Waals surface area contributed by atoms with Crippen molar-refractivity contribution < 1.29 is 24.3 Å². The molecule has 1 aromatic rings. The zero-order chi connectivity index (χ0) is 24.1. The molecular formula is C22H34N4O5S. The van der Waals surface area contributed by atoms with E-state index in [0.29, 0.717) is 18.6 Å². The van der Waals surface area contributed by atoms with E-state index in [9.17, 15) is 24.3 Å². The van der Waals surface area contributed by atoms with Crippen LogP contribution in [0, 0.1) is 5.92 Å². The molecule has 0 saturated heterocycles. The molecule has 0 aliphatic heterocycles. The summed E-state index contributed by atoms with van der Waals surface area (Å²) in [7, 11) is 0. The highest BCUT2D eigenvalue weighted by atomic mass is 32.2. The molecular weight excluding hydrogens is 432 g/mol. The summed E-state index contributed by atoms with van der Waals surface area (Å²) in [5, 5.41) is 17.4. The van der Waals surface area contributed by atoms with E-state index in [1.165, 1.54) is 11.8 Å². The Morgan fingerprint density at radius 3 is 2.19 bits per heavy atom. The number of amides is 3. The number of carbonyl (C=O) groups is 4. The third-order valence-electron chi connectivity index (χ3n) is 5.14. The zero-order valence-corrected chi connectivity index (χ0v) is 19.6. The summed E-state index contributed by atoms with van der Waals surface area (Å²) in [6.45, 7) is 3.32. The Morgan fingerprint density at radius 2 is 1.66 bits per heavy atom. The molecule has 0 heterocycles. The normalized spacial score (nSPS) is 14.5. The number of nitrogens with two attached hydrogens (primary N) is 1. The number of rotatable bonds is 14. The van der Waals surface area contributed by atoms with E-state index in [-0.39, 0.29) is 18.9 Å². The molecule has 6 N–H and O–H groups in total. The molecule has 0 aromatic heterocycles. The van der Waals surface area contributed by atoms with Crippen molar-refractivity contribution in [3.8, 4) is 0 Å². The van der Waals surface area contributed by atoms with Gasteiger partial charge in [0, 0.05) is 6.42 Å². The van der Waals surface area contributed by atoms with Crippen molar-refractivity contribution >= 4 is 35.5 Å². The van der Waals surface area contributed by atoms with E-state index < -0.39 is 41.8 Å². The Labute approximate surface area is 193 Å². The maximum atomic E-state index is 13.0. The lowest BCUT2D eigenvalue weighted by Crippen LogP contribution is -2.57. The van der Waals surface area contributed by atoms with Gasteiger partial charge in [-0.1, -0.05) is 50.6 Å². The molecule has 32 heavy (non-hydrogen) atoms. The number of hydrogen-bond acceptors (Lipinski definition) is 6. The highest BCUT2D eigenvalue weighted by molar-refractivity contribution is 7.98. The van der Waals surface area contributed by atoms with Gasteiger partial charge in [-0.05, 0) is 29.9 Å². The molecule has 0 radical (unpaired) electrons. The van der Waals surface area contributed by atoms with Crippen LogP contribution in [0.1, 0.15) is 32.3 Å². The van der Waals surface area contributed by atoms with Crippen LogP contribution in [0.5, 0.6) is 0 Å². The summed E-state index contributed by atoms with van der Waals surface area (Å²) in [5.74, 6) is -2.39. The van der Waals surface area contributed by atoms with Crippen LogP contribution in [0.2, 0.25) is 0 Å². The highest BCUT2D eigenvalue weighted by Crippen LogP contribution is 2.10. The van der Waals surface area contributed by atoms with Crippen molar-refractivity contribution in [2.75, 3.05) is 18.6 Å². The Morgan fingerprint density at radius 1 is 1.03 bits per heavy atom. The number of hydrogen-bond donors (Lipinski definition) is 5. The summed E-state index contributed by atoms with van der Waals surface area (Å²) < 4.78 is 0. The van der Waals surface area contributed by atoms with Gasteiger partial charge in [0.15, 0.2) is 0 Å². The molecule has 0 spiro atoms. The summed E-state index contributed by atoms with van der Waals surface area (Å²) >= 11 is 1.52. The lowest BCUT2D eigenvalue weighted by Gasteiger charge is -2.26. The van der Waals surface area contributed by atoms with E-state index in [1.807, 2.05) is 43.5 Å². The number of nitrogens with one attached hydrogen (secondary N) is 3. The van der Waals surface area contributed by atoms with E-state index in [0.717, 1.165) is 5.56 Å². The molecule has 4 unspecified atom stereocenters. The quantitative estimate of drug-likeness (QED) is 0.268. The van der Waals surface area contributed by atoms with Gasteiger partial charge >= 0.3 is 5.97 Å². The average Bonchev–Trinajstić information content (AvgIpc) is 2.79. The predicted octanol–water partition coefficient (Wildman–Crippen LogP) is 0.526. The van der Waals surface area contributed by atoms with Crippen molar-refractivity contribution in [1.82, 2.24) is 16.0 Å². The smallest absolute Gasteiger partial charge is 0.326 e. The van der Waals surface area contributed by atoms with E-state index in [2.05, 4.69) is 16.0 Å². The first-order chi connectivity index (χ1) is 15.2. The van der Waals surface area contributed by atoms with Crippen molar-refractivity contribution in [1.29, 1.82) is 0 Å². The number of thioether (sulfide) groups is 1. The standard InChI is InChI=1S/C22H34N4O5S/c1-4-14(2)19(22(30)31)26-21(29)17(12-15-8-6-5-7-9-15)25-20(28)16(10-11-32-3)24-18(27)13-23/h5-9,14,16-17,19H,4,10-13,23H2,1-3H3,(H,24,27)(H,25,28)(H,26,29)(H,30,31). The van der Waals surface area contributed by atoms with Crippen LogP contribution >= 0.6 is 11.8 Å². The number of carbonyl (C=O) groups excluding carboxylic acids is 3. The van der Waals surface area contributed by atoms with Crippen LogP contribution in [0.3, 0.4) is 0 Å². The van der Waals surface area contributed by atoms with Gasteiger partial charge in [0.25, 0.3) is 0 Å². The minimum absolute atomic E-state index is 0.172. The predicted molar refractivity (Wildman–Crippen MR) is 125 cm³/mol. The molecule has 9 nitrogen and oxygen atoms in total. The molecule has 178 valence electrons. The maximum absolute atomic E-state index is 13.0. The molecule has 1 rings (SSSR count). The van der Waals surface area contributed by atoms with Gasteiger partial charge in [-0.2, -0.15) is 11.8 Å². The zero-order valence-electron chi connectivity index (χ0n) is 18.8.